The molecule has 0 fully saturated rings. The van der Waals surface area contributed by atoms with Crippen LogP contribution in [0.25, 0.3) is 0 Å². The Morgan fingerprint density at radius 3 is 0.730 bits per heavy atom. The van der Waals surface area contributed by atoms with Gasteiger partial charge in [0.1, 0.15) is 81.6 Å². The Balaban J connectivity index is 0.000000237. The number of rotatable bonds is 11. The summed E-state index contributed by atoms with van der Waals surface area (Å²) in [5, 5.41) is 4.23. The van der Waals surface area contributed by atoms with Gasteiger partial charge in [-0.25, -0.2) is 87.8 Å². The van der Waals surface area contributed by atoms with Crippen molar-refractivity contribution in [2.24, 2.45) is 0 Å². The molecular formula is C51H26BF20OP. The fraction of sp³-hybridized carbons (Fsp3) is 0.0588. The highest BCUT2D eigenvalue weighted by atomic mass is 31.2. The van der Waals surface area contributed by atoms with Gasteiger partial charge in [0.15, 0.2) is 69.8 Å². The van der Waals surface area contributed by atoms with Gasteiger partial charge in [0.25, 0.3) is 0 Å². The zero-order valence-electron chi connectivity index (χ0n) is 36.9. The maximum atomic E-state index is 15.4. The maximum absolute atomic E-state index is 15.4. The van der Waals surface area contributed by atoms with Crippen molar-refractivity contribution in [1.82, 2.24) is 0 Å². The first kappa shape index (κ1) is 54.4. The summed E-state index contributed by atoms with van der Waals surface area (Å²) in [6.45, 7) is 2.71. The van der Waals surface area contributed by atoms with Gasteiger partial charge in [0, 0.05) is 0 Å². The van der Waals surface area contributed by atoms with Gasteiger partial charge in [-0.3, -0.25) is 0 Å². The number of benzene rings is 8. The van der Waals surface area contributed by atoms with E-state index < -0.39 is 152 Å². The van der Waals surface area contributed by atoms with Crippen molar-refractivity contribution >= 4 is 51.2 Å². The van der Waals surface area contributed by atoms with Crippen molar-refractivity contribution in [2.75, 3.05) is 6.61 Å². The number of ether oxygens (including phenoxy) is 1. The van der Waals surface area contributed by atoms with Gasteiger partial charge in [0.2, 0.25) is 0 Å². The smallest absolute Gasteiger partial charge is 0.200 e. The van der Waals surface area contributed by atoms with E-state index in [9.17, 15) is 52.7 Å². The molecule has 0 bridgehead atoms. The highest BCUT2D eigenvalue weighted by Gasteiger charge is 2.52. The average Bonchev–Trinajstić information content (AvgIpc) is 3.41. The normalized spacial score (nSPS) is 11.7. The second-order valence-corrected chi connectivity index (χ2v) is 19.3. The molecule has 0 aromatic heterocycles. The molecule has 8 aromatic rings. The highest BCUT2D eigenvalue weighted by Crippen LogP contribution is 2.58. The molecule has 0 heterocycles. The van der Waals surface area contributed by atoms with Crippen LogP contribution in [0, 0.1) is 116 Å². The van der Waals surface area contributed by atoms with E-state index in [0.29, 0.717) is 6.61 Å². The SMILES string of the molecule is CCOc1ccc(C[P+](c2ccccc2)(c2ccccc2)c2ccccc2)cc1.Fc1c(F)c(F)c([B-](c2c(F)c(F)c(F)c(F)c2F)(c2c(F)c(F)c(F)c(F)c2F)c2c(F)c(F)c(F)c(F)c2F)c(F)c1F. The quantitative estimate of drug-likeness (QED) is 0.0412. The molecule has 8 rings (SSSR count). The topological polar surface area (TPSA) is 9.23 Å². The Labute approximate surface area is 405 Å². The molecule has 0 amide bonds. The Bertz CT molecular complexity index is 2940. The predicted molar refractivity (Wildman–Crippen MR) is 236 cm³/mol. The lowest BCUT2D eigenvalue weighted by Crippen LogP contribution is -2.81. The van der Waals surface area contributed by atoms with Crippen molar-refractivity contribution in [2.45, 2.75) is 13.1 Å². The first-order valence-corrected chi connectivity index (χ1v) is 23.0. The molecular weight excluding hydrogens is 1050 g/mol. The predicted octanol–water partition coefficient (Wildman–Crippen LogP) is 11.4. The van der Waals surface area contributed by atoms with Gasteiger partial charge in [-0.15, -0.1) is 21.9 Å². The van der Waals surface area contributed by atoms with Crippen LogP contribution in [0.5, 0.6) is 5.75 Å². The zero-order chi connectivity index (χ0) is 54.3. The second-order valence-electron chi connectivity index (χ2n) is 15.9. The molecule has 8 aromatic carbocycles. The summed E-state index contributed by atoms with van der Waals surface area (Å²) >= 11 is 0. The van der Waals surface area contributed by atoms with Gasteiger partial charge in [-0.2, -0.15) is 0 Å². The lowest BCUT2D eigenvalue weighted by Gasteiger charge is -2.44. The molecule has 0 aliphatic carbocycles. The summed E-state index contributed by atoms with van der Waals surface area (Å²) in [7, 11) is -1.85. The van der Waals surface area contributed by atoms with Gasteiger partial charge in [-0.1, -0.05) is 66.7 Å². The van der Waals surface area contributed by atoms with E-state index in [1.807, 2.05) is 6.92 Å². The third kappa shape index (κ3) is 8.79. The molecule has 384 valence electrons. The molecule has 0 unspecified atom stereocenters. The summed E-state index contributed by atoms with van der Waals surface area (Å²) in [6, 6.07) is 41.7. The minimum absolute atomic E-state index is 0.689. The largest absolute Gasteiger partial charge is 0.494 e. The first-order valence-electron chi connectivity index (χ1n) is 21.0. The Morgan fingerprint density at radius 1 is 0.297 bits per heavy atom. The van der Waals surface area contributed by atoms with Crippen molar-refractivity contribution in [3.8, 4) is 5.75 Å². The molecule has 0 aliphatic heterocycles. The van der Waals surface area contributed by atoms with Crippen LogP contribution in [0.4, 0.5) is 87.8 Å². The minimum Gasteiger partial charge on any atom is -0.494 e. The summed E-state index contributed by atoms with van der Waals surface area (Å²) < 4.78 is 300. The number of halogens is 20. The van der Waals surface area contributed by atoms with E-state index in [1.54, 1.807) is 0 Å². The summed E-state index contributed by atoms with van der Waals surface area (Å²) in [6.07, 6.45) is -6.23. The molecule has 1 nitrogen and oxygen atoms in total. The summed E-state index contributed by atoms with van der Waals surface area (Å²) in [5.74, 6) is -70.5. The fourth-order valence-corrected chi connectivity index (χ4v) is 13.0. The van der Waals surface area contributed by atoms with Crippen LogP contribution in [-0.4, -0.2) is 12.8 Å². The van der Waals surface area contributed by atoms with Crippen LogP contribution >= 0.6 is 7.26 Å². The van der Waals surface area contributed by atoms with E-state index in [1.165, 1.54) is 21.5 Å². The molecule has 0 spiro atoms. The summed E-state index contributed by atoms with van der Waals surface area (Å²) in [4.78, 5) is 0. The van der Waals surface area contributed by atoms with E-state index >= 15 is 35.1 Å². The van der Waals surface area contributed by atoms with Crippen LogP contribution in [0.15, 0.2) is 115 Å². The molecule has 23 heteroatoms. The monoisotopic (exact) mass is 1080 g/mol. The lowest BCUT2D eigenvalue weighted by molar-refractivity contribution is 0.340. The molecule has 0 atom stereocenters. The first-order chi connectivity index (χ1) is 35.0. The molecule has 0 N–H and O–H groups in total. The van der Waals surface area contributed by atoms with Crippen LogP contribution < -0.4 is 42.5 Å². The van der Waals surface area contributed by atoms with E-state index in [0.717, 1.165) is 11.9 Å². The van der Waals surface area contributed by atoms with Crippen LogP contribution in [-0.2, 0) is 6.16 Å². The minimum atomic E-state index is -7.22. The van der Waals surface area contributed by atoms with Gasteiger partial charge in [-0.05, 0) is 61.0 Å². The molecule has 74 heavy (non-hydrogen) atoms. The second kappa shape index (κ2) is 21.2. The summed E-state index contributed by atoms with van der Waals surface area (Å²) in [5.41, 5.74) is -13.0. The fourth-order valence-electron chi connectivity index (χ4n) is 8.77. The average molecular weight is 1080 g/mol. The van der Waals surface area contributed by atoms with E-state index in [4.69, 9.17) is 4.74 Å². The Kier molecular flexibility index (Phi) is 15.6. The van der Waals surface area contributed by atoms with Gasteiger partial charge in [0.05, 0.1) is 12.8 Å². The van der Waals surface area contributed by atoms with Gasteiger partial charge < -0.3 is 4.74 Å². The lowest BCUT2D eigenvalue weighted by atomic mass is 9.12. The van der Waals surface area contributed by atoms with Crippen molar-refractivity contribution in [3.05, 3.63) is 237 Å². The van der Waals surface area contributed by atoms with Crippen LogP contribution in [0.2, 0.25) is 0 Å². The molecule has 0 radical (unpaired) electrons. The zero-order valence-corrected chi connectivity index (χ0v) is 37.8. The third-order valence-corrected chi connectivity index (χ3v) is 16.3. The molecule has 0 aliphatic rings. The van der Waals surface area contributed by atoms with Crippen LogP contribution in [0.3, 0.4) is 0 Å². The Morgan fingerprint density at radius 2 is 0.514 bits per heavy atom. The highest BCUT2D eigenvalue weighted by molar-refractivity contribution is 7.95. The van der Waals surface area contributed by atoms with Crippen LogP contribution in [0.1, 0.15) is 12.5 Å². The van der Waals surface area contributed by atoms with E-state index in [-0.39, 0.29) is 0 Å². The maximum Gasteiger partial charge on any atom is 0.200 e. The standard InChI is InChI=1S/C27H26OP.C24BF20/c1-2-28-24-20-18-23(19-21-24)22-29(25-12-6-3-7-13-25,26-14-8-4-9-15-26)27-16-10-5-11-17-27;26-5-1(6(27)14(35)21(42)13(5)34)25(2-7(28)15(36)22(43)16(37)8(2)29,3-9(30)17(38)23(44)18(39)10(3)31)4-11(32)19(40)24(45)20(41)12(4)33/h3-21H,2,22H2,1H3;/q+1;-1. The van der Waals surface area contributed by atoms with Crippen molar-refractivity contribution < 1.29 is 92.5 Å². The van der Waals surface area contributed by atoms with E-state index in [2.05, 4.69) is 115 Å². The van der Waals surface area contributed by atoms with Crippen molar-refractivity contribution in [3.63, 3.8) is 0 Å². The van der Waals surface area contributed by atoms with Gasteiger partial charge >= 0.3 is 0 Å². The number of hydrogen-bond acceptors (Lipinski definition) is 1. The number of hydrogen-bond donors (Lipinski definition) is 0. The third-order valence-electron chi connectivity index (χ3n) is 12.0. The Hall–Kier alpha value is -7.35. The molecule has 0 saturated heterocycles. The van der Waals surface area contributed by atoms with Crippen molar-refractivity contribution in [1.29, 1.82) is 0 Å². The molecule has 0 saturated carbocycles.